The van der Waals surface area contributed by atoms with Crippen molar-refractivity contribution in [3.63, 3.8) is 0 Å². The Kier molecular flexibility index (Phi) is 5.62. The van der Waals surface area contributed by atoms with E-state index in [1.165, 1.54) is 6.07 Å². The van der Waals surface area contributed by atoms with E-state index in [-0.39, 0.29) is 28.6 Å². The first kappa shape index (κ1) is 23.4. The summed E-state index contributed by atoms with van der Waals surface area (Å²) in [6.45, 7) is 3.86. The second-order valence-corrected chi connectivity index (χ2v) is 10.2. The van der Waals surface area contributed by atoms with Gasteiger partial charge in [-0.15, -0.1) is 0 Å². The highest BCUT2D eigenvalue weighted by Crippen LogP contribution is 2.51. The number of rotatable bonds is 3. The number of hydrogen-bond donors (Lipinski definition) is 0. The smallest absolute Gasteiger partial charge is 0.371 e. The van der Waals surface area contributed by atoms with E-state index in [1.54, 1.807) is 31.1 Å². The largest absolute Gasteiger partial charge is 0.417 e. The summed E-state index contributed by atoms with van der Waals surface area (Å²) < 4.78 is 40.2. The minimum Gasteiger partial charge on any atom is -0.371 e. The van der Waals surface area contributed by atoms with Gasteiger partial charge in [-0.3, -0.25) is 9.59 Å². The van der Waals surface area contributed by atoms with E-state index >= 15 is 0 Å². The van der Waals surface area contributed by atoms with Crippen LogP contribution in [-0.2, 0) is 15.8 Å². The molecule has 0 bridgehead atoms. The summed E-state index contributed by atoms with van der Waals surface area (Å²) in [4.78, 5) is 31.4. The number of amides is 2. The SMILES string of the molecule is CN(C)C(=O)C1CN(C(=O)C2(C)CC2)CC12CCN(c1ccc(C#N)c(C(F)(F)F)c1)CC2. The van der Waals surface area contributed by atoms with Crippen molar-refractivity contribution >= 4 is 17.5 Å². The van der Waals surface area contributed by atoms with Crippen LogP contribution in [0, 0.1) is 28.1 Å². The molecule has 2 saturated heterocycles. The summed E-state index contributed by atoms with van der Waals surface area (Å²) >= 11 is 0. The van der Waals surface area contributed by atoms with E-state index < -0.39 is 17.3 Å². The van der Waals surface area contributed by atoms with Crippen molar-refractivity contribution in [3.8, 4) is 6.07 Å². The molecule has 6 nitrogen and oxygen atoms in total. The molecule has 9 heteroatoms. The third-order valence-electron chi connectivity index (χ3n) is 7.74. The van der Waals surface area contributed by atoms with Gasteiger partial charge in [0.15, 0.2) is 0 Å². The summed E-state index contributed by atoms with van der Waals surface area (Å²) in [6, 6.07) is 5.42. The van der Waals surface area contributed by atoms with Crippen LogP contribution in [-0.4, -0.2) is 61.9 Å². The molecule has 4 rings (SSSR count). The third kappa shape index (κ3) is 4.16. The molecule has 1 aliphatic carbocycles. The van der Waals surface area contributed by atoms with Crippen molar-refractivity contribution in [3.05, 3.63) is 29.3 Å². The van der Waals surface area contributed by atoms with Crippen molar-refractivity contribution < 1.29 is 22.8 Å². The second-order valence-electron chi connectivity index (χ2n) is 10.2. The number of carbonyl (C=O) groups is 2. The number of likely N-dealkylation sites (tertiary alicyclic amines) is 1. The van der Waals surface area contributed by atoms with E-state index in [0.29, 0.717) is 44.7 Å². The van der Waals surface area contributed by atoms with Gasteiger partial charge in [-0.25, -0.2) is 0 Å². The van der Waals surface area contributed by atoms with Gasteiger partial charge in [0, 0.05) is 56.8 Å². The molecule has 0 N–H and O–H groups in total. The van der Waals surface area contributed by atoms with Gasteiger partial charge in [0.05, 0.1) is 23.1 Å². The third-order valence-corrected chi connectivity index (χ3v) is 7.74. The zero-order chi connectivity index (χ0) is 24.2. The van der Waals surface area contributed by atoms with Gasteiger partial charge in [0.2, 0.25) is 11.8 Å². The molecule has 0 radical (unpaired) electrons. The van der Waals surface area contributed by atoms with Crippen LogP contribution in [0.25, 0.3) is 0 Å². The molecule has 3 aliphatic rings. The highest BCUT2D eigenvalue weighted by Gasteiger charge is 2.56. The summed E-state index contributed by atoms with van der Waals surface area (Å²) in [5.41, 5.74) is -1.59. The number of halogens is 3. The maximum Gasteiger partial charge on any atom is 0.417 e. The molecule has 1 aromatic carbocycles. The Morgan fingerprint density at radius 2 is 1.79 bits per heavy atom. The maximum absolute atomic E-state index is 13.4. The molecule has 2 aliphatic heterocycles. The van der Waals surface area contributed by atoms with Gasteiger partial charge in [-0.1, -0.05) is 6.92 Å². The molecule has 3 fully saturated rings. The lowest BCUT2D eigenvalue weighted by atomic mass is 9.70. The summed E-state index contributed by atoms with van der Waals surface area (Å²) in [6.07, 6.45) is -1.64. The lowest BCUT2D eigenvalue weighted by Crippen LogP contribution is -2.48. The van der Waals surface area contributed by atoms with Crippen LogP contribution in [0.1, 0.15) is 43.7 Å². The van der Waals surface area contributed by atoms with Crippen molar-refractivity contribution in [2.75, 3.05) is 45.2 Å². The number of carbonyl (C=O) groups excluding carboxylic acids is 2. The Labute approximate surface area is 191 Å². The molecule has 0 aromatic heterocycles. The van der Waals surface area contributed by atoms with Crippen molar-refractivity contribution in [2.45, 2.75) is 38.8 Å². The molecular formula is C24H29F3N4O2. The van der Waals surface area contributed by atoms with Crippen LogP contribution in [0.4, 0.5) is 18.9 Å². The Hall–Kier alpha value is -2.76. The number of nitrogens with zero attached hydrogens (tertiary/aromatic N) is 4. The van der Waals surface area contributed by atoms with Gasteiger partial charge < -0.3 is 14.7 Å². The number of anilines is 1. The first-order valence-electron chi connectivity index (χ1n) is 11.3. The summed E-state index contributed by atoms with van der Waals surface area (Å²) in [7, 11) is 3.43. The first-order valence-corrected chi connectivity index (χ1v) is 11.3. The van der Waals surface area contributed by atoms with E-state index in [0.717, 1.165) is 18.9 Å². The number of benzene rings is 1. The quantitative estimate of drug-likeness (QED) is 0.690. The predicted molar refractivity (Wildman–Crippen MR) is 116 cm³/mol. The summed E-state index contributed by atoms with van der Waals surface area (Å²) in [5.74, 6) is -0.203. The standard InChI is InChI=1S/C24H29F3N4O2/c1-22(6-7-22)21(33)31-14-19(20(32)29(2)3)23(15-31)8-10-30(11-9-23)17-5-4-16(13-28)18(12-17)24(25,26)27/h4-5,12,19H,6-11,14-15H2,1-3H3. The minimum atomic E-state index is -4.60. The number of alkyl halides is 3. The van der Waals surface area contributed by atoms with Gasteiger partial charge in [0.25, 0.3) is 0 Å². The maximum atomic E-state index is 13.4. The molecule has 1 spiro atoms. The lowest BCUT2D eigenvalue weighted by molar-refractivity contribution is -0.138. The molecule has 1 saturated carbocycles. The predicted octanol–water partition coefficient (Wildman–Crippen LogP) is 3.51. The average Bonchev–Trinajstić information content (AvgIpc) is 3.43. The molecule has 1 aromatic rings. The fourth-order valence-corrected chi connectivity index (χ4v) is 5.34. The van der Waals surface area contributed by atoms with E-state index in [1.807, 2.05) is 16.7 Å². The van der Waals surface area contributed by atoms with Crippen molar-refractivity contribution in [1.82, 2.24) is 9.80 Å². The average molecular weight is 463 g/mol. The zero-order valence-electron chi connectivity index (χ0n) is 19.2. The van der Waals surface area contributed by atoms with Crippen LogP contribution >= 0.6 is 0 Å². The van der Waals surface area contributed by atoms with Crippen LogP contribution in [0.5, 0.6) is 0 Å². The van der Waals surface area contributed by atoms with Crippen molar-refractivity contribution in [2.24, 2.45) is 16.7 Å². The lowest BCUT2D eigenvalue weighted by Gasteiger charge is -2.43. The van der Waals surface area contributed by atoms with Gasteiger partial charge in [0.1, 0.15) is 0 Å². The Morgan fingerprint density at radius 3 is 2.30 bits per heavy atom. The highest BCUT2D eigenvalue weighted by atomic mass is 19.4. The minimum absolute atomic E-state index is 0.00238. The van der Waals surface area contributed by atoms with E-state index in [2.05, 4.69) is 0 Å². The number of piperidine rings is 1. The summed E-state index contributed by atoms with van der Waals surface area (Å²) in [5, 5.41) is 9.05. The molecular weight excluding hydrogens is 433 g/mol. The van der Waals surface area contributed by atoms with Crippen LogP contribution in [0.15, 0.2) is 18.2 Å². The molecule has 1 unspecified atom stereocenters. The zero-order valence-corrected chi connectivity index (χ0v) is 19.2. The van der Waals surface area contributed by atoms with Crippen LogP contribution in [0.2, 0.25) is 0 Å². The monoisotopic (exact) mass is 462 g/mol. The van der Waals surface area contributed by atoms with Crippen molar-refractivity contribution in [1.29, 1.82) is 5.26 Å². The van der Waals surface area contributed by atoms with Crippen LogP contribution in [0.3, 0.4) is 0 Å². The Balaban J connectivity index is 1.55. The number of nitriles is 1. The molecule has 2 heterocycles. The normalized spacial score (nSPS) is 23.4. The molecule has 2 amide bonds. The van der Waals surface area contributed by atoms with E-state index in [9.17, 15) is 22.8 Å². The molecule has 1 atom stereocenters. The van der Waals surface area contributed by atoms with Gasteiger partial charge in [-0.05, 0) is 43.9 Å². The molecule has 178 valence electrons. The fraction of sp³-hybridized carbons (Fsp3) is 0.625. The second kappa shape index (κ2) is 7.93. The number of hydrogen-bond acceptors (Lipinski definition) is 4. The fourth-order valence-electron chi connectivity index (χ4n) is 5.34. The highest BCUT2D eigenvalue weighted by molar-refractivity contribution is 5.87. The molecule has 33 heavy (non-hydrogen) atoms. The first-order chi connectivity index (χ1) is 15.4. The Morgan fingerprint density at radius 1 is 1.15 bits per heavy atom. The van der Waals surface area contributed by atoms with E-state index in [4.69, 9.17) is 5.26 Å². The van der Waals surface area contributed by atoms with Gasteiger partial charge in [-0.2, -0.15) is 18.4 Å². The topological polar surface area (TPSA) is 67.7 Å². The van der Waals surface area contributed by atoms with Gasteiger partial charge >= 0.3 is 6.18 Å². The van der Waals surface area contributed by atoms with Crippen LogP contribution < -0.4 is 4.90 Å². The Bertz CT molecular complexity index is 1000.